The maximum Gasteiger partial charge on any atom is 0.248 e. The van der Waals surface area contributed by atoms with Crippen molar-refractivity contribution >= 4 is 28.3 Å². The van der Waals surface area contributed by atoms with E-state index in [1.807, 2.05) is 4.90 Å². The number of halogens is 1. The summed E-state index contributed by atoms with van der Waals surface area (Å²) in [5.74, 6) is 0.504. The van der Waals surface area contributed by atoms with E-state index in [1.54, 1.807) is 13.8 Å². The maximum absolute atomic E-state index is 12.8. The number of aryl methyl sites for hydroxylation is 2. The quantitative estimate of drug-likeness (QED) is 0.705. The predicted octanol–water partition coefficient (Wildman–Crippen LogP) is -0.159. The van der Waals surface area contributed by atoms with Gasteiger partial charge in [0.25, 0.3) is 0 Å². The zero-order chi connectivity index (χ0) is 18.7. The Hall–Kier alpha value is -1.20. The third kappa shape index (κ3) is 5.00. The molecule has 1 aromatic rings. The van der Waals surface area contributed by atoms with Gasteiger partial charge in [0, 0.05) is 65.3 Å². The monoisotopic (exact) mass is 421 g/mol. The van der Waals surface area contributed by atoms with E-state index in [0.29, 0.717) is 50.6 Å². The molecule has 0 aromatic carbocycles. The molecule has 9 nitrogen and oxygen atoms in total. The molecule has 3 heterocycles. The third-order valence-electron chi connectivity index (χ3n) is 5.01. The predicted molar refractivity (Wildman–Crippen MR) is 102 cm³/mol. The van der Waals surface area contributed by atoms with E-state index in [2.05, 4.69) is 15.4 Å². The highest BCUT2D eigenvalue weighted by atomic mass is 35.5. The number of hydrogen-bond acceptors (Lipinski definition) is 7. The standard InChI is InChI=1S/C16H27N5O4S.ClH/c1-13-16(14(2)25-18-13)26(23,24)21-11-9-19(10-12-21)6-3-15(22)20-7-4-17-5-8-20;/h17H,3-12H2,1-2H3;1H. The number of carbonyl (C=O) groups excluding carboxylic acids is 1. The van der Waals surface area contributed by atoms with Gasteiger partial charge in [-0.15, -0.1) is 12.4 Å². The van der Waals surface area contributed by atoms with Crippen molar-refractivity contribution in [1.29, 1.82) is 0 Å². The number of sulfonamides is 1. The van der Waals surface area contributed by atoms with E-state index in [9.17, 15) is 13.2 Å². The number of nitrogens with zero attached hydrogens (tertiary/aromatic N) is 4. The van der Waals surface area contributed by atoms with E-state index in [1.165, 1.54) is 4.31 Å². The first-order chi connectivity index (χ1) is 12.4. The minimum atomic E-state index is -3.58. The fourth-order valence-electron chi connectivity index (χ4n) is 3.49. The Morgan fingerprint density at radius 3 is 2.30 bits per heavy atom. The molecule has 0 radical (unpaired) electrons. The van der Waals surface area contributed by atoms with Crippen molar-refractivity contribution in [2.75, 3.05) is 58.9 Å². The Morgan fingerprint density at radius 1 is 1.11 bits per heavy atom. The first-order valence-electron chi connectivity index (χ1n) is 9.03. The fraction of sp³-hybridized carbons (Fsp3) is 0.750. The minimum absolute atomic E-state index is 0. The van der Waals surface area contributed by atoms with E-state index < -0.39 is 10.0 Å². The van der Waals surface area contributed by atoms with Crippen molar-refractivity contribution in [2.24, 2.45) is 0 Å². The third-order valence-corrected chi connectivity index (χ3v) is 7.15. The summed E-state index contributed by atoms with van der Waals surface area (Å²) >= 11 is 0. The zero-order valence-corrected chi connectivity index (χ0v) is 17.4. The summed E-state index contributed by atoms with van der Waals surface area (Å²) in [7, 11) is -3.58. The Bertz CT molecular complexity index is 720. The number of hydrogen-bond donors (Lipinski definition) is 1. The van der Waals surface area contributed by atoms with Gasteiger partial charge in [-0.1, -0.05) is 5.16 Å². The number of aromatic nitrogens is 1. The van der Waals surface area contributed by atoms with Gasteiger partial charge in [-0.05, 0) is 13.8 Å². The second-order valence-corrected chi connectivity index (χ2v) is 8.65. The highest BCUT2D eigenvalue weighted by molar-refractivity contribution is 7.89. The largest absolute Gasteiger partial charge is 0.360 e. The number of nitrogens with one attached hydrogen (secondary N) is 1. The van der Waals surface area contributed by atoms with Crippen molar-refractivity contribution in [1.82, 2.24) is 24.6 Å². The molecule has 1 aromatic heterocycles. The SMILES string of the molecule is Cc1noc(C)c1S(=O)(=O)N1CCN(CCC(=O)N2CCNCC2)CC1.Cl. The van der Waals surface area contributed by atoms with Gasteiger partial charge in [-0.25, -0.2) is 8.42 Å². The molecule has 2 aliphatic heterocycles. The molecule has 0 spiro atoms. The van der Waals surface area contributed by atoms with E-state index in [-0.39, 0.29) is 23.2 Å². The highest BCUT2D eigenvalue weighted by Crippen LogP contribution is 2.24. The molecule has 3 rings (SSSR count). The lowest BCUT2D eigenvalue weighted by molar-refractivity contribution is -0.132. The Kier molecular flexibility index (Phi) is 7.64. The van der Waals surface area contributed by atoms with E-state index >= 15 is 0 Å². The molecule has 2 fully saturated rings. The van der Waals surface area contributed by atoms with Crippen molar-refractivity contribution in [3.63, 3.8) is 0 Å². The highest BCUT2D eigenvalue weighted by Gasteiger charge is 2.33. The second-order valence-electron chi connectivity index (χ2n) is 6.78. The van der Waals surface area contributed by atoms with E-state index in [0.717, 1.165) is 26.2 Å². The van der Waals surface area contributed by atoms with Crippen LogP contribution in [0, 0.1) is 13.8 Å². The van der Waals surface area contributed by atoms with Crippen LogP contribution in [-0.2, 0) is 14.8 Å². The number of amides is 1. The van der Waals surface area contributed by atoms with E-state index in [4.69, 9.17) is 4.52 Å². The van der Waals surface area contributed by atoms with Gasteiger partial charge in [0.05, 0.1) is 0 Å². The van der Waals surface area contributed by atoms with Crippen LogP contribution in [0.15, 0.2) is 9.42 Å². The molecular weight excluding hydrogens is 394 g/mol. The summed E-state index contributed by atoms with van der Waals surface area (Å²) in [4.78, 5) is 16.5. The lowest BCUT2D eigenvalue weighted by Gasteiger charge is -2.34. The topological polar surface area (TPSA) is 99.0 Å². The first-order valence-corrected chi connectivity index (χ1v) is 10.5. The summed E-state index contributed by atoms with van der Waals surface area (Å²) in [5.41, 5.74) is 0.395. The van der Waals surface area contributed by atoms with Gasteiger partial charge >= 0.3 is 0 Å². The van der Waals surface area contributed by atoms with Gasteiger partial charge in [0.1, 0.15) is 10.6 Å². The van der Waals surface area contributed by atoms with Crippen molar-refractivity contribution in [3.05, 3.63) is 11.5 Å². The van der Waals surface area contributed by atoms with Crippen LogP contribution in [0.4, 0.5) is 0 Å². The van der Waals surface area contributed by atoms with Gasteiger partial charge in [0.15, 0.2) is 5.76 Å². The minimum Gasteiger partial charge on any atom is -0.360 e. The molecule has 2 aliphatic rings. The zero-order valence-electron chi connectivity index (χ0n) is 15.8. The number of rotatable bonds is 5. The van der Waals surface area contributed by atoms with Crippen molar-refractivity contribution in [2.45, 2.75) is 25.2 Å². The molecule has 0 saturated carbocycles. The Morgan fingerprint density at radius 2 is 1.74 bits per heavy atom. The molecule has 27 heavy (non-hydrogen) atoms. The molecule has 0 aliphatic carbocycles. The van der Waals surface area contributed by atoms with Crippen LogP contribution in [-0.4, -0.2) is 92.5 Å². The number of piperazine rings is 2. The van der Waals surface area contributed by atoms with Gasteiger partial charge in [-0.2, -0.15) is 4.31 Å². The molecule has 1 N–H and O–H groups in total. The van der Waals surface area contributed by atoms with Gasteiger partial charge < -0.3 is 19.6 Å². The molecular formula is C16H28ClN5O4S. The Balaban J connectivity index is 0.00000261. The summed E-state index contributed by atoms with van der Waals surface area (Å²) in [6.45, 7) is 9.23. The molecule has 154 valence electrons. The average molecular weight is 422 g/mol. The normalized spacial score (nSPS) is 19.7. The molecule has 11 heteroatoms. The lowest BCUT2D eigenvalue weighted by Crippen LogP contribution is -2.50. The summed E-state index contributed by atoms with van der Waals surface area (Å²) in [5, 5.41) is 6.98. The van der Waals surface area contributed by atoms with Crippen LogP contribution >= 0.6 is 12.4 Å². The molecule has 1 amide bonds. The van der Waals surface area contributed by atoms with Crippen molar-refractivity contribution < 1.29 is 17.7 Å². The maximum atomic E-state index is 12.8. The summed E-state index contributed by atoms with van der Waals surface area (Å²) in [6.07, 6.45) is 0.483. The number of carbonyl (C=O) groups is 1. The van der Waals surface area contributed by atoms with Crippen molar-refractivity contribution in [3.8, 4) is 0 Å². The molecule has 0 bridgehead atoms. The van der Waals surface area contributed by atoms with Crippen LogP contribution in [0.5, 0.6) is 0 Å². The van der Waals surface area contributed by atoms with Gasteiger partial charge in [-0.3, -0.25) is 4.79 Å². The molecule has 0 unspecified atom stereocenters. The summed E-state index contributed by atoms with van der Waals surface area (Å²) < 4.78 is 32.1. The summed E-state index contributed by atoms with van der Waals surface area (Å²) in [6, 6.07) is 0. The second kappa shape index (κ2) is 9.33. The lowest BCUT2D eigenvalue weighted by atomic mass is 10.2. The molecule has 0 atom stereocenters. The van der Waals surface area contributed by atoms with Crippen LogP contribution in [0.1, 0.15) is 17.9 Å². The van der Waals surface area contributed by atoms with Crippen LogP contribution in [0.2, 0.25) is 0 Å². The Labute approximate surface area is 166 Å². The average Bonchev–Trinajstić information content (AvgIpc) is 3.00. The van der Waals surface area contributed by atoms with Crippen LogP contribution in [0.3, 0.4) is 0 Å². The van der Waals surface area contributed by atoms with Crippen LogP contribution in [0.25, 0.3) is 0 Å². The van der Waals surface area contributed by atoms with Gasteiger partial charge in [0.2, 0.25) is 15.9 Å². The smallest absolute Gasteiger partial charge is 0.248 e. The fourth-order valence-corrected chi connectivity index (χ4v) is 5.20. The first kappa shape index (κ1) is 22.1. The van der Waals surface area contributed by atoms with Crippen LogP contribution < -0.4 is 5.32 Å². The molecule has 2 saturated heterocycles.